The van der Waals surface area contributed by atoms with Crippen LogP contribution in [0.25, 0.3) is 0 Å². The van der Waals surface area contributed by atoms with Gasteiger partial charge in [-0.3, -0.25) is 4.79 Å². The molecule has 0 aromatic heterocycles. The number of hydrogen-bond donors (Lipinski definition) is 2. The van der Waals surface area contributed by atoms with Gasteiger partial charge in [0.05, 0.1) is 26.2 Å². The average Bonchev–Trinajstić information content (AvgIpc) is 2.72. The van der Waals surface area contributed by atoms with Crippen molar-refractivity contribution in [3.63, 3.8) is 0 Å². The Hall–Kier alpha value is -2.28. The first-order valence-electron chi connectivity index (χ1n) is 9.36. The minimum Gasteiger partial charge on any atom is -1.00 e. The van der Waals surface area contributed by atoms with Gasteiger partial charge in [0.15, 0.2) is 6.61 Å². The summed E-state index contributed by atoms with van der Waals surface area (Å²) in [7, 11) is 0. The molecule has 1 aliphatic rings. The van der Waals surface area contributed by atoms with E-state index >= 15 is 0 Å². The minimum atomic E-state index is -0.524. The van der Waals surface area contributed by atoms with Gasteiger partial charge < -0.3 is 36.8 Å². The highest BCUT2D eigenvalue weighted by Gasteiger charge is 2.25. The summed E-state index contributed by atoms with van der Waals surface area (Å²) in [6.07, 6.45) is -0.524. The summed E-state index contributed by atoms with van der Waals surface area (Å²) in [5.74, 6) is 1.47. The SMILES string of the molecule is O=C(COc1ccccc1)N1CC[NH+](CC(O)COc2ccccc2)CC1.[Cl-]. The van der Waals surface area contributed by atoms with Crippen molar-refractivity contribution in [2.45, 2.75) is 6.10 Å². The second-order valence-corrected chi connectivity index (χ2v) is 6.71. The number of nitrogens with one attached hydrogen (secondary N) is 1. The third-order valence-electron chi connectivity index (χ3n) is 4.64. The maximum atomic E-state index is 12.3. The molecule has 0 radical (unpaired) electrons. The maximum absolute atomic E-state index is 12.3. The highest BCUT2D eigenvalue weighted by atomic mass is 35.5. The van der Waals surface area contributed by atoms with Crippen LogP contribution in [-0.4, -0.2) is 68.0 Å². The third-order valence-corrected chi connectivity index (χ3v) is 4.64. The summed E-state index contributed by atoms with van der Waals surface area (Å²) < 4.78 is 11.1. The van der Waals surface area contributed by atoms with Gasteiger partial charge in [-0.05, 0) is 24.3 Å². The standard InChI is InChI=1S/C21H26N2O4.ClH/c24-18(16-26-19-7-3-1-4-8-19)15-22-11-13-23(14-12-22)21(25)17-27-20-9-5-2-6-10-20;/h1-10,18,24H,11-17H2;1H. The number of rotatable bonds is 8. The van der Waals surface area contributed by atoms with Crippen molar-refractivity contribution in [3.05, 3.63) is 60.7 Å². The molecule has 7 heteroatoms. The van der Waals surface area contributed by atoms with E-state index in [1.54, 1.807) is 0 Å². The Labute approximate surface area is 172 Å². The number of ether oxygens (including phenoxy) is 2. The Bertz CT molecular complexity index is 694. The average molecular weight is 407 g/mol. The third kappa shape index (κ3) is 7.03. The van der Waals surface area contributed by atoms with Gasteiger partial charge in [0, 0.05) is 0 Å². The van der Waals surface area contributed by atoms with Crippen LogP contribution in [0.15, 0.2) is 60.7 Å². The van der Waals surface area contributed by atoms with Crippen molar-refractivity contribution < 1.29 is 36.7 Å². The molecular weight excluding hydrogens is 380 g/mol. The molecule has 1 unspecified atom stereocenters. The Kier molecular flexibility index (Phi) is 9.07. The molecule has 0 bridgehead atoms. The first-order valence-corrected chi connectivity index (χ1v) is 9.36. The van der Waals surface area contributed by atoms with Crippen LogP contribution >= 0.6 is 0 Å². The molecule has 1 saturated heterocycles. The number of carbonyl (C=O) groups excluding carboxylic acids is 1. The van der Waals surface area contributed by atoms with E-state index in [-0.39, 0.29) is 31.5 Å². The smallest absolute Gasteiger partial charge is 0.260 e. The predicted molar refractivity (Wildman–Crippen MR) is 102 cm³/mol. The molecule has 1 fully saturated rings. The zero-order valence-electron chi connectivity index (χ0n) is 15.8. The minimum absolute atomic E-state index is 0. The zero-order chi connectivity index (χ0) is 18.9. The summed E-state index contributed by atoms with van der Waals surface area (Å²) in [6.45, 7) is 3.96. The summed E-state index contributed by atoms with van der Waals surface area (Å²) in [6, 6.07) is 18.9. The summed E-state index contributed by atoms with van der Waals surface area (Å²) >= 11 is 0. The van der Waals surface area contributed by atoms with Gasteiger partial charge >= 0.3 is 0 Å². The molecule has 1 aliphatic heterocycles. The molecule has 2 aromatic rings. The van der Waals surface area contributed by atoms with Crippen LogP contribution < -0.4 is 26.8 Å². The molecule has 2 N–H and O–H groups in total. The zero-order valence-corrected chi connectivity index (χ0v) is 16.6. The number of benzene rings is 2. The van der Waals surface area contributed by atoms with Crippen molar-refractivity contribution in [3.8, 4) is 11.5 Å². The number of quaternary nitrogens is 1. The molecule has 1 atom stereocenters. The van der Waals surface area contributed by atoms with Crippen LogP contribution in [0.1, 0.15) is 0 Å². The fraction of sp³-hybridized carbons (Fsp3) is 0.381. The predicted octanol–water partition coefficient (Wildman–Crippen LogP) is -2.76. The van der Waals surface area contributed by atoms with Crippen molar-refractivity contribution >= 4 is 5.91 Å². The molecule has 6 nitrogen and oxygen atoms in total. The Morgan fingerprint density at radius 1 is 0.964 bits per heavy atom. The number of piperazine rings is 1. The number of amides is 1. The van der Waals surface area contributed by atoms with Crippen molar-refractivity contribution in [1.82, 2.24) is 4.90 Å². The van der Waals surface area contributed by atoms with Crippen LogP contribution in [0.3, 0.4) is 0 Å². The van der Waals surface area contributed by atoms with Crippen LogP contribution in [0.2, 0.25) is 0 Å². The number of aliphatic hydroxyl groups excluding tert-OH is 1. The van der Waals surface area contributed by atoms with Crippen LogP contribution in [-0.2, 0) is 4.79 Å². The second-order valence-electron chi connectivity index (χ2n) is 6.71. The monoisotopic (exact) mass is 406 g/mol. The molecule has 0 aliphatic carbocycles. The summed E-state index contributed by atoms with van der Waals surface area (Å²) in [4.78, 5) is 15.4. The number of nitrogens with zero attached hydrogens (tertiary/aromatic N) is 1. The van der Waals surface area contributed by atoms with Crippen molar-refractivity contribution in [2.75, 3.05) is 45.9 Å². The fourth-order valence-corrected chi connectivity index (χ4v) is 3.13. The normalized spacial score (nSPS) is 15.4. The fourth-order valence-electron chi connectivity index (χ4n) is 3.13. The van der Waals surface area contributed by atoms with E-state index in [0.29, 0.717) is 25.4 Å². The van der Waals surface area contributed by atoms with Gasteiger partial charge in [-0.1, -0.05) is 36.4 Å². The quantitative estimate of drug-likeness (QED) is 0.498. The first kappa shape index (κ1) is 22.0. The number of aliphatic hydroxyl groups is 1. The largest absolute Gasteiger partial charge is 1.00 e. The molecule has 28 heavy (non-hydrogen) atoms. The van der Waals surface area contributed by atoms with Crippen LogP contribution in [0.5, 0.6) is 11.5 Å². The second kappa shape index (κ2) is 11.5. The summed E-state index contributed by atoms with van der Waals surface area (Å²) in [5, 5.41) is 10.2. The highest BCUT2D eigenvalue weighted by Crippen LogP contribution is 2.09. The van der Waals surface area contributed by atoms with E-state index in [1.807, 2.05) is 65.6 Å². The molecule has 1 amide bonds. The van der Waals surface area contributed by atoms with Gasteiger partial charge in [-0.15, -0.1) is 0 Å². The highest BCUT2D eigenvalue weighted by molar-refractivity contribution is 5.77. The van der Waals surface area contributed by atoms with Gasteiger partial charge in [0.2, 0.25) is 0 Å². The lowest BCUT2D eigenvalue weighted by Crippen LogP contribution is -3.16. The van der Waals surface area contributed by atoms with E-state index in [0.717, 1.165) is 18.8 Å². The molecule has 3 rings (SSSR count). The lowest BCUT2D eigenvalue weighted by Gasteiger charge is -2.33. The van der Waals surface area contributed by atoms with Crippen molar-refractivity contribution in [2.24, 2.45) is 0 Å². The van der Waals surface area contributed by atoms with Gasteiger partial charge in [-0.2, -0.15) is 0 Å². The van der Waals surface area contributed by atoms with Crippen LogP contribution in [0, 0.1) is 0 Å². The van der Waals surface area contributed by atoms with Gasteiger partial charge in [0.1, 0.15) is 30.8 Å². The van der Waals surface area contributed by atoms with E-state index in [1.165, 1.54) is 4.90 Å². The van der Waals surface area contributed by atoms with Gasteiger partial charge in [0.25, 0.3) is 5.91 Å². The van der Waals surface area contributed by atoms with Crippen LogP contribution in [0.4, 0.5) is 0 Å². The molecule has 0 spiro atoms. The number of hydrogen-bond acceptors (Lipinski definition) is 4. The Balaban J connectivity index is 0.00000280. The Morgan fingerprint density at radius 2 is 1.50 bits per heavy atom. The van der Waals surface area contributed by atoms with E-state index in [4.69, 9.17) is 9.47 Å². The Morgan fingerprint density at radius 3 is 2.07 bits per heavy atom. The molecule has 152 valence electrons. The lowest BCUT2D eigenvalue weighted by molar-refractivity contribution is -0.907. The first-order chi connectivity index (χ1) is 13.2. The van der Waals surface area contributed by atoms with E-state index in [2.05, 4.69) is 0 Å². The lowest BCUT2D eigenvalue weighted by atomic mass is 10.2. The van der Waals surface area contributed by atoms with Crippen molar-refractivity contribution in [1.29, 1.82) is 0 Å². The number of para-hydroxylation sites is 2. The molecule has 0 saturated carbocycles. The molecule has 1 heterocycles. The maximum Gasteiger partial charge on any atom is 0.260 e. The van der Waals surface area contributed by atoms with E-state index < -0.39 is 6.10 Å². The molecule has 2 aromatic carbocycles. The van der Waals surface area contributed by atoms with Gasteiger partial charge in [-0.25, -0.2) is 0 Å². The van der Waals surface area contributed by atoms with E-state index in [9.17, 15) is 9.90 Å². The molecular formula is C21H27ClN2O4. The topological polar surface area (TPSA) is 63.4 Å². The number of carbonyl (C=O) groups is 1. The number of halogens is 1. The summed E-state index contributed by atoms with van der Waals surface area (Å²) in [5.41, 5.74) is 0.